The van der Waals surface area contributed by atoms with Gasteiger partial charge in [-0.3, -0.25) is 4.90 Å². The van der Waals surface area contributed by atoms with E-state index in [2.05, 4.69) is 4.98 Å². The number of rotatable bonds is 4. The molecule has 0 saturated heterocycles. The van der Waals surface area contributed by atoms with E-state index in [-0.39, 0.29) is 5.56 Å². The molecule has 1 amide bonds. The first kappa shape index (κ1) is 22.5. The van der Waals surface area contributed by atoms with Gasteiger partial charge in [-0.2, -0.15) is 0 Å². The lowest BCUT2D eigenvalue weighted by atomic mass is 9.99. The molecule has 5 nitrogen and oxygen atoms in total. The number of aryl methyl sites for hydroxylation is 2. The van der Waals surface area contributed by atoms with Crippen LogP contribution in [0.4, 0.5) is 13.6 Å². The van der Waals surface area contributed by atoms with Gasteiger partial charge in [0.05, 0.1) is 11.7 Å². The van der Waals surface area contributed by atoms with Crippen LogP contribution in [0, 0.1) is 18.6 Å². The van der Waals surface area contributed by atoms with E-state index < -0.39 is 29.4 Å². The van der Waals surface area contributed by atoms with Gasteiger partial charge in [0.15, 0.2) is 5.15 Å². The van der Waals surface area contributed by atoms with Gasteiger partial charge in [-0.05, 0) is 58.2 Å². The number of amides is 1. The summed E-state index contributed by atoms with van der Waals surface area (Å²) in [5.74, 6) is -0.292. The van der Waals surface area contributed by atoms with E-state index >= 15 is 0 Å². The quantitative estimate of drug-likeness (QED) is 0.622. The van der Waals surface area contributed by atoms with Crippen molar-refractivity contribution < 1.29 is 18.3 Å². The van der Waals surface area contributed by atoms with Crippen LogP contribution in [0.25, 0.3) is 0 Å². The number of hydrogen-bond donors (Lipinski definition) is 0. The van der Waals surface area contributed by atoms with Gasteiger partial charge in [-0.25, -0.2) is 18.6 Å². The molecule has 1 unspecified atom stereocenters. The monoisotopic (exact) mass is 439 g/mol. The summed E-state index contributed by atoms with van der Waals surface area (Å²) in [4.78, 5) is 19.0. The Labute approximate surface area is 181 Å². The first-order chi connectivity index (χ1) is 14.0. The van der Waals surface area contributed by atoms with Crippen LogP contribution in [0.5, 0.6) is 0 Å². The molecule has 0 bridgehead atoms. The second-order valence-electron chi connectivity index (χ2n) is 8.62. The number of fused-ring (bicyclic) bond motifs is 1. The van der Waals surface area contributed by atoms with Crippen molar-refractivity contribution in [2.24, 2.45) is 0 Å². The second kappa shape index (κ2) is 8.53. The molecule has 2 heterocycles. The molecule has 0 radical (unpaired) electrons. The van der Waals surface area contributed by atoms with Crippen molar-refractivity contribution in [1.82, 2.24) is 14.5 Å². The Balaban J connectivity index is 1.93. The molecular weight excluding hydrogens is 412 g/mol. The van der Waals surface area contributed by atoms with Gasteiger partial charge < -0.3 is 9.30 Å². The van der Waals surface area contributed by atoms with Crippen LogP contribution in [-0.4, -0.2) is 32.7 Å². The van der Waals surface area contributed by atoms with Gasteiger partial charge in [-0.15, -0.1) is 0 Å². The van der Waals surface area contributed by atoms with Crippen molar-refractivity contribution in [3.05, 3.63) is 51.6 Å². The van der Waals surface area contributed by atoms with Crippen molar-refractivity contribution in [2.75, 3.05) is 6.54 Å². The maximum Gasteiger partial charge on any atom is 0.410 e. The van der Waals surface area contributed by atoms with Crippen molar-refractivity contribution >= 4 is 17.7 Å². The Morgan fingerprint density at radius 2 is 1.90 bits per heavy atom. The fraction of sp³-hybridized carbons (Fsp3) is 0.545. The smallest absolute Gasteiger partial charge is 0.410 e. The number of aromatic nitrogens is 2. The topological polar surface area (TPSA) is 47.4 Å². The Bertz CT molecular complexity index is 930. The highest BCUT2D eigenvalue weighted by Crippen LogP contribution is 2.36. The summed E-state index contributed by atoms with van der Waals surface area (Å²) in [5.41, 5.74) is 0.642. The molecule has 0 N–H and O–H groups in total. The normalized spacial score (nSPS) is 16.5. The van der Waals surface area contributed by atoms with E-state index in [1.807, 2.05) is 32.3 Å². The molecule has 30 heavy (non-hydrogen) atoms. The second-order valence-corrected chi connectivity index (χ2v) is 8.98. The predicted octanol–water partition coefficient (Wildman–Crippen LogP) is 5.61. The third kappa shape index (κ3) is 4.61. The molecule has 0 spiro atoms. The number of benzene rings is 1. The zero-order valence-electron chi connectivity index (χ0n) is 18.1. The lowest BCUT2D eigenvalue weighted by Crippen LogP contribution is -2.45. The van der Waals surface area contributed by atoms with E-state index in [0.29, 0.717) is 43.1 Å². The van der Waals surface area contributed by atoms with Crippen LogP contribution in [0.2, 0.25) is 5.15 Å². The SMILES string of the molecule is CCc1nc(Cl)c2n1CCN(C(=O)OC(C)(C)C)C2CCc1cc(F)c(C)c(F)c1. The third-order valence-electron chi connectivity index (χ3n) is 5.29. The van der Waals surface area contributed by atoms with E-state index in [0.717, 1.165) is 11.5 Å². The van der Waals surface area contributed by atoms with E-state index in [1.54, 1.807) is 4.90 Å². The Morgan fingerprint density at radius 1 is 1.27 bits per heavy atom. The van der Waals surface area contributed by atoms with Crippen LogP contribution in [0.3, 0.4) is 0 Å². The molecule has 1 atom stereocenters. The first-order valence-corrected chi connectivity index (χ1v) is 10.6. The van der Waals surface area contributed by atoms with Crippen LogP contribution < -0.4 is 0 Å². The zero-order chi connectivity index (χ0) is 22.2. The predicted molar refractivity (Wildman–Crippen MR) is 112 cm³/mol. The Kier molecular flexibility index (Phi) is 6.41. The summed E-state index contributed by atoms with van der Waals surface area (Å²) in [7, 11) is 0. The van der Waals surface area contributed by atoms with E-state index in [1.165, 1.54) is 19.1 Å². The number of hydrogen-bond acceptors (Lipinski definition) is 3. The lowest BCUT2D eigenvalue weighted by Gasteiger charge is -2.38. The number of nitrogens with zero attached hydrogens (tertiary/aromatic N) is 3. The van der Waals surface area contributed by atoms with Crippen LogP contribution >= 0.6 is 11.6 Å². The van der Waals surface area contributed by atoms with Gasteiger partial charge in [0.2, 0.25) is 0 Å². The summed E-state index contributed by atoms with van der Waals surface area (Å²) in [6, 6.07) is 2.28. The number of carbonyl (C=O) groups is 1. The highest BCUT2D eigenvalue weighted by Gasteiger charge is 2.37. The van der Waals surface area contributed by atoms with Gasteiger partial charge in [0.25, 0.3) is 0 Å². The summed E-state index contributed by atoms with van der Waals surface area (Å²) in [5, 5.41) is 0.353. The molecule has 0 fully saturated rings. The third-order valence-corrected chi connectivity index (χ3v) is 5.57. The minimum Gasteiger partial charge on any atom is -0.444 e. The fourth-order valence-electron chi connectivity index (χ4n) is 3.81. The first-order valence-electron chi connectivity index (χ1n) is 10.2. The van der Waals surface area contributed by atoms with Gasteiger partial charge in [-0.1, -0.05) is 18.5 Å². The summed E-state index contributed by atoms with van der Waals surface area (Å²) >= 11 is 6.46. The van der Waals surface area contributed by atoms with Gasteiger partial charge in [0.1, 0.15) is 23.1 Å². The molecule has 3 rings (SSSR count). The van der Waals surface area contributed by atoms with Gasteiger partial charge >= 0.3 is 6.09 Å². The largest absolute Gasteiger partial charge is 0.444 e. The van der Waals surface area contributed by atoms with E-state index in [9.17, 15) is 13.6 Å². The zero-order valence-corrected chi connectivity index (χ0v) is 18.8. The molecule has 1 aromatic carbocycles. The molecule has 1 aliphatic heterocycles. The Hall–Kier alpha value is -2.15. The average Bonchev–Trinajstić information content (AvgIpc) is 2.98. The van der Waals surface area contributed by atoms with Crippen molar-refractivity contribution in [3.63, 3.8) is 0 Å². The molecule has 2 aromatic rings. The lowest BCUT2D eigenvalue weighted by molar-refractivity contribution is 0.00948. The van der Waals surface area contributed by atoms with Crippen LogP contribution in [-0.2, 0) is 24.1 Å². The maximum atomic E-state index is 14.0. The number of ether oxygens (including phenoxy) is 1. The summed E-state index contributed by atoms with van der Waals surface area (Å²) in [6.45, 7) is 9.87. The molecule has 8 heteroatoms. The molecule has 1 aromatic heterocycles. The van der Waals surface area contributed by atoms with Crippen LogP contribution in [0.1, 0.15) is 62.8 Å². The summed E-state index contributed by atoms with van der Waals surface area (Å²) < 4.78 is 35.6. The number of carbonyl (C=O) groups excluding carboxylic acids is 1. The standard InChI is InChI=1S/C22H28ClF2N3O2/c1-6-18-26-20(23)19-17(8-7-14-11-15(24)13(2)16(25)12-14)27(9-10-28(18)19)21(29)30-22(3,4)5/h11-12,17H,6-10H2,1-5H3. The molecule has 164 valence electrons. The molecule has 1 aliphatic rings. The molecule has 0 saturated carbocycles. The number of halogens is 3. The highest BCUT2D eigenvalue weighted by molar-refractivity contribution is 6.30. The van der Waals surface area contributed by atoms with Gasteiger partial charge in [0, 0.05) is 25.1 Å². The minimum absolute atomic E-state index is 0.000469. The fourth-order valence-corrected chi connectivity index (χ4v) is 4.13. The highest BCUT2D eigenvalue weighted by atomic mass is 35.5. The van der Waals surface area contributed by atoms with E-state index in [4.69, 9.17) is 16.3 Å². The van der Waals surface area contributed by atoms with Crippen molar-refractivity contribution in [3.8, 4) is 0 Å². The Morgan fingerprint density at radius 3 is 2.47 bits per heavy atom. The maximum absolute atomic E-state index is 14.0. The summed E-state index contributed by atoms with van der Waals surface area (Å²) in [6.07, 6.45) is 1.10. The van der Waals surface area contributed by atoms with Crippen molar-refractivity contribution in [1.29, 1.82) is 0 Å². The minimum atomic E-state index is -0.638. The average molecular weight is 440 g/mol. The van der Waals surface area contributed by atoms with Crippen molar-refractivity contribution in [2.45, 2.75) is 72.1 Å². The number of imidazole rings is 1. The molecular formula is C22H28ClF2N3O2. The van der Waals surface area contributed by atoms with Crippen LogP contribution in [0.15, 0.2) is 12.1 Å². The molecule has 0 aliphatic carbocycles.